The fraction of sp³-hybridized carbons (Fsp3) is 0. The number of pyridine rings is 2. The molecular formula is C22H14F4N2Os. The number of nitrogens with zero attached hydrogens (tertiary/aromatic N) is 2. The van der Waals surface area contributed by atoms with Gasteiger partial charge in [0.15, 0.2) is 0 Å². The van der Waals surface area contributed by atoms with E-state index in [1.54, 1.807) is 48.8 Å². The van der Waals surface area contributed by atoms with E-state index in [0.717, 1.165) is 12.1 Å². The van der Waals surface area contributed by atoms with Crippen LogP contribution >= 0.6 is 0 Å². The summed E-state index contributed by atoms with van der Waals surface area (Å²) in [5, 5.41) is 0. The van der Waals surface area contributed by atoms with Crippen LogP contribution in [0.2, 0.25) is 0 Å². The molecule has 7 heteroatoms. The van der Waals surface area contributed by atoms with Crippen LogP contribution in [0.15, 0.2) is 85.2 Å². The molecule has 0 saturated heterocycles. The van der Waals surface area contributed by atoms with E-state index in [2.05, 4.69) is 9.97 Å². The average Bonchev–Trinajstić information content (AvgIpc) is 2.70. The largest absolute Gasteiger partial charge is 0.256 e. The Bertz CT molecular complexity index is 974. The van der Waals surface area contributed by atoms with E-state index in [0.29, 0.717) is 22.5 Å². The standard InChI is InChI=1S/2C11H7F2N.Os/c2*12-8-4-5-9(10(13)7-8)11-3-1-2-6-14-11;/h2*1-7H;. The van der Waals surface area contributed by atoms with E-state index in [1.807, 2.05) is 0 Å². The van der Waals surface area contributed by atoms with Gasteiger partial charge in [0.2, 0.25) is 0 Å². The molecule has 0 amide bonds. The molecule has 2 heterocycles. The van der Waals surface area contributed by atoms with Gasteiger partial charge in [-0.1, -0.05) is 12.1 Å². The first-order valence-electron chi connectivity index (χ1n) is 8.27. The quantitative estimate of drug-likeness (QED) is 0.274. The average molecular weight is 573 g/mol. The molecule has 0 fully saturated rings. The normalized spacial score (nSPS) is 9.79. The second-order valence-corrected chi connectivity index (χ2v) is 5.68. The van der Waals surface area contributed by atoms with Gasteiger partial charge in [-0.25, -0.2) is 17.6 Å². The molecule has 0 bridgehead atoms. The molecule has 4 aromatic rings. The van der Waals surface area contributed by atoms with E-state index in [1.165, 1.54) is 24.3 Å². The van der Waals surface area contributed by atoms with Crippen molar-refractivity contribution < 1.29 is 37.4 Å². The van der Waals surface area contributed by atoms with Crippen molar-refractivity contribution in [1.82, 2.24) is 9.97 Å². The molecule has 0 aliphatic carbocycles. The van der Waals surface area contributed by atoms with Crippen molar-refractivity contribution in [2.75, 3.05) is 0 Å². The van der Waals surface area contributed by atoms with Gasteiger partial charge < -0.3 is 0 Å². The van der Waals surface area contributed by atoms with E-state index in [-0.39, 0.29) is 19.8 Å². The van der Waals surface area contributed by atoms with E-state index in [9.17, 15) is 17.6 Å². The van der Waals surface area contributed by atoms with Crippen LogP contribution in [0.25, 0.3) is 22.5 Å². The minimum absolute atomic E-state index is 0. The fourth-order valence-corrected chi connectivity index (χ4v) is 2.44. The van der Waals surface area contributed by atoms with Crippen LogP contribution in [-0.4, -0.2) is 9.97 Å². The zero-order chi connectivity index (χ0) is 19.9. The molecule has 0 N–H and O–H groups in total. The maximum Gasteiger partial charge on any atom is 0.135 e. The monoisotopic (exact) mass is 574 g/mol. The molecule has 0 aliphatic rings. The van der Waals surface area contributed by atoms with Crippen LogP contribution in [-0.2, 0) is 19.8 Å². The SMILES string of the molecule is Fc1ccc(-c2ccccn2)c(F)c1.Fc1ccc(-c2ccccn2)c(F)c1.[Os]. The van der Waals surface area contributed by atoms with Gasteiger partial charge in [-0.3, -0.25) is 9.97 Å². The topological polar surface area (TPSA) is 25.8 Å². The van der Waals surface area contributed by atoms with E-state index < -0.39 is 23.3 Å². The van der Waals surface area contributed by atoms with Crippen molar-refractivity contribution in [3.63, 3.8) is 0 Å². The third kappa shape index (κ3) is 6.04. The second kappa shape index (κ2) is 10.6. The van der Waals surface area contributed by atoms with E-state index >= 15 is 0 Å². The van der Waals surface area contributed by atoms with Crippen molar-refractivity contribution in [2.24, 2.45) is 0 Å². The van der Waals surface area contributed by atoms with Crippen molar-refractivity contribution in [1.29, 1.82) is 0 Å². The molecule has 2 nitrogen and oxygen atoms in total. The van der Waals surface area contributed by atoms with Crippen molar-refractivity contribution in [2.45, 2.75) is 0 Å². The number of benzene rings is 2. The van der Waals surface area contributed by atoms with Gasteiger partial charge in [0.1, 0.15) is 23.3 Å². The van der Waals surface area contributed by atoms with Gasteiger partial charge in [-0.2, -0.15) is 0 Å². The Morgan fingerprint density at radius 3 is 1.24 bits per heavy atom. The summed E-state index contributed by atoms with van der Waals surface area (Å²) in [4.78, 5) is 7.95. The molecule has 2 aromatic heterocycles. The molecule has 2 aromatic carbocycles. The summed E-state index contributed by atoms with van der Waals surface area (Å²) in [6.07, 6.45) is 3.14. The first-order valence-corrected chi connectivity index (χ1v) is 8.27. The van der Waals surface area contributed by atoms with Crippen LogP contribution in [0.4, 0.5) is 17.6 Å². The summed E-state index contributed by atoms with van der Waals surface area (Å²) in [6.45, 7) is 0. The van der Waals surface area contributed by atoms with Gasteiger partial charge in [-0.05, 0) is 48.5 Å². The molecule has 0 spiro atoms. The van der Waals surface area contributed by atoms with Crippen LogP contribution in [0.3, 0.4) is 0 Å². The summed E-state index contributed by atoms with van der Waals surface area (Å²) in [5.74, 6) is -2.35. The number of halogens is 4. The first kappa shape index (κ1) is 22.4. The molecule has 0 saturated carbocycles. The first-order chi connectivity index (χ1) is 13.5. The maximum absolute atomic E-state index is 13.3. The van der Waals surface area contributed by atoms with Crippen LogP contribution < -0.4 is 0 Å². The fourth-order valence-electron chi connectivity index (χ4n) is 2.44. The zero-order valence-corrected chi connectivity index (χ0v) is 17.4. The Morgan fingerprint density at radius 1 is 0.517 bits per heavy atom. The predicted molar refractivity (Wildman–Crippen MR) is 99.2 cm³/mol. The van der Waals surface area contributed by atoms with Gasteiger partial charge >= 0.3 is 0 Å². The third-order valence-electron chi connectivity index (χ3n) is 3.74. The van der Waals surface area contributed by atoms with E-state index in [4.69, 9.17) is 0 Å². The predicted octanol–water partition coefficient (Wildman–Crippen LogP) is 6.05. The second-order valence-electron chi connectivity index (χ2n) is 5.68. The Morgan fingerprint density at radius 2 is 0.931 bits per heavy atom. The number of rotatable bonds is 2. The summed E-state index contributed by atoms with van der Waals surface area (Å²) >= 11 is 0. The number of hydrogen-bond acceptors (Lipinski definition) is 2. The Balaban J connectivity index is 0.000000200. The van der Waals surface area contributed by atoms with Crippen molar-refractivity contribution >= 4 is 0 Å². The molecular weight excluding hydrogens is 558 g/mol. The minimum atomic E-state index is -0.594. The molecule has 0 radical (unpaired) electrons. The molecule has 0 aliphatic heterocycles. The Kier molecular flexibility index (Phi) is 8.17. The van der Waals surface area contributed by atoms with Crippen molar-refractivity contribution in [3.05, 3.63) is 108 Å². The summed E-state index contributed by atoms with van der Waals surface area (Å²) < 4.78 is 51.7. The molecule has 29 heavy (non-hydrogen) atoms. The van der Waals surface area contributed by atoms with Gasteiger partial charge in [0.25, 0.3) is 0 Å². The van der Waals surface area contributed by atoms with Gasteiger partial charge in [0, 0.05) is 55.4 Å². The maximum atomic E-state index is 13.3. The van der Waals surface area contributed by atoms with Crippen LogP contribution in [0, 0.1) is 23.3 Å². The summed E-state index contributed by atoms with van der Waals surface area (Å²) in [6, 6.07) is 17.2. The smallest absolute Gasteiger partial charge is 0.135 e. The van der Waals surface area contributed by atoms with Crippen LogP contribution in [0.1, 0.15) is 0 Å². The zero-order valence-electron chi connectivity index (χ0n) is 14.8. The number of aromatic nitrogens is 2. The summed E-state index contributed by atoms with van der Waals surface area (Å²) in [5.41, 5.74) is 1.63. The summed E-state index contributed by atoms with van der Waals surface area (Å²) in [7, 11) is 0. The molecule has 4 rings (SSSR count). The van der Waals surface area contributed by atoms with Crippen LogP contribution in [0.5, 0.6) is 0 Å². The minimum Gasteiger partial charge on any atom is -0.256 e. The Hall–Kier alpha value is -2.90. The number of hydrogen-bond donors (Lipinski definition) is 0. The third-order valence-corrected chi connectivity index (χ3v) is 3.74. The molecule has 0 atom stereocenters. The van der Waals surface area contributed by atoms with Crippen molar-refractivity contribution in [3.8, 4) is 22.5 Å². The molecule has 0 unspecified atom stereocenters. The molecule has 148 valence electrons. The Labute approximate surface area is 178 Å². The van der Waals surface area contributed by atoms with Gasteiger partial charge in [0.05, 0.1) is 11.4 Å². The van der Waals surface area contributed by atoms with Gasteiger partial charge in [-0.15, -0.1) is 0 Å².